The van der Waals surface area contributed by atoms with E-state index >= 15 is 0 Å². The van der Waals surface area contributed by atoms with Crippen molar-refractivity contribution < 1.29 is 0 Å². The van der Waals surface area contributed by atoms with Crippen molar-refractivity contribution in [2.75, 3.05) is 0 Å². The number of fused-ring (bicyclic) bond motifs is 5. The van der Waals surface area contributed by atoms with Gasteiger partial charge in [0, 0.05) is 16.3 Å². The van der Waals surface area contributed by atoms with Gasteiger partial charge in [0.2, 0.25) is 0 Å². The van der Waals surface area contributed by atoms with E-state index in [2.05, 4.69) is 132 Å². The van der Waals surface area contributed by atoms with Crippen molar-refractivity contribution in [3.63, 3.8) is 0 Å². The minimum atomic E-state index is 0.635. The number of hydrogen-bond acceptors (Lipinski definition) is 1. The summed E-state index contributed by atoms with van der Waals surface area (Å²) in [5.74, 6) is 0. The summed E-state index contributed by atoms with van der Waals surface area (Å²) in [5.41, 5.74) is 8.14. The molecule has 0 fully saturated rings. The molecule has 0 unspecified atom stereocenters. The van der Waals surface area contributed by atoms with Gasteiger partial charge in [0.15, 0.2) is 5.69 Å². The molecule has 0 N–H and O–H groups in total. The number of hydrogen-bond donors (Lipinski definition) is 0. The molecule has 8 aromatic rings. The van der Waals surface area contributed by atoms with Crippen LogP contribution in [0.25, 0.3) is 81.6 Å². The highest BCUT2D eigenvalue weighted by Crippen LogP contribution is 2.43. The van der Waals surface area contributed by atoms with E-state index in [0.29, 0.717) is 5.69 Å². The van der Waals surface area contributed by atoms with Gasteiger partial charge in [0.05, 0.1) is 17.8 Å². The minimum absolute atomic E-state index is 0.635. The Morgan fingerprint density at radius 1 is 0.429 bits per heavy atom. The lowest BCUT2D eigenvalue weighted by Crippen LogP contribution is -1.94. The van der Waals surface area contributed by atoms with Crippen LogP contribution in [0.5, 0.6) is 0 Å². The van der Waals surface area contributed by atoms with Crippen LogP contribution in [-0.4, -0.2) is 4.98 Å². The summed E-state index contributed by atoms with van der Waals surface area (Å²) in [4.78, 5) is 9.12. The van der Waals surface area contributed by atoms with E-state index in [1.54, 1.807) is 0 Å². The van der Waals surface area contributed by atoms with Gasteiger partial charge >= 0.3 is 0 Å². The molecular weight excluding hydrogens is 508 g/mol. The SMILES string of the molecule is [C-]#[N+]c1cccc(-c2cc3c(-c4cccc5ccccc45)cc(-c4cccc5ccccc45)nc3c3ccccc23)c1. The first-order chi connectivity index (χ1) is 20.8. The first-order valence-corrected chi connectivity index (χ1v) is 14.1. The van der Waals surface area contributed by atoms with Crippen LogP contribution in [0.15, 0.2) is 146 Å². The molecule has 0 spiro atoms. The van der Waals surface area contributed by atoms with Gasteiger partial charge in [-0.15, -0.1) is 0 Å². The predicted octanol–water partition coefficient (Wildman–Crippen LogP) is 11.2. The highest BCUT2D eigenvalue weighted by Gasteiger charge is 2.18. The molecule has 0 saturated heterocycles. The third kappa shape index (κ3) is 3.84. The fraction of sp³-hybridized carbons (Fsp3) is 0. The molecule has 0 bridgehead atoms. The molecule has 8 rings (SSSR count). The van der Waals surface area contributed by atoms with E-state index in [9.17, 15) is 0 Å². The smallest absolute Gasteiger partial charge is 0.187 e. The summed E-state index contributed by atoms with van der Waals surface area (Å²) in [6.45, 7) is 7.60. The van der Waals surface area contributed by atoms with Crippen LogP contribution in [0, 0.1) is 6.57 Å². The third-order valence-electron chi connectivity index (χ3n) is 8.25. The molecule has 7 aromatic carbocycles. The average Bonchev–Trinajstić information content (AvgIpc) is 3.07. The lowest BCUT2D eigenvalue weighted by Gasteiger charge is -2.17. The Kier molecular flexibility index (Phi) is 5.55. The minimum Gasteiger partial charge on any atom is -0.247 e. The Bertz CT molecular complexity index is 2370. The van der Waals surface area contributed by atoms with E-state index in [-0.39, 0.29) is 0 Å². The van der Waals surface area contributed by atoms with E-state index in [4.69, 9.17) is 11.6 Å². The molecule has 0 aliphatic rings. The molecule has 42 heavy (non-hydrogen) atoms. The average molecular weight is 533 g/mol. The van der Waals surface area contributed by atoms with Gasteiger partial charge in [-0.3, -0.25) is 0 Å². The summed E-state index contributed by atoms with van der Waals surface area (Å²) in [6, 6.07) is 51.0. The van der Waals surface area contributed by atoms with Crippen molar-refractivity contribution in [1.29, 1.82) is 0 Å². The number of rotatable bonds is 3. The van der Waals surface area contributed by atoms with Crippen molar-refractivity contribution in [1.82, 2.24) is 4.98 Å². The Labute approximate surface area is 244 Å². The molecule has 0 saturated carbocycles. The second-order valence-electron chi connectivity index (χ2n) is 10.6. The van der Waals surface area contributed by atoms with Gasteiger partial charge in [0.1, 0.15) is 0 Å². The van der Waals surface area contributed by atoms with Gasteiger partial charge in [-0.2, -0.15) is 0 Å². The Morgan fingerprint density at radius 2 is 1.02 bits per heavy atom. The molecule has 194 valence electrons. The van der Waals surface area contributed by atoms with Crippen molar-refractivity contribution in [2.45, 2.75) is 0 Å². The Hall–Kier alpha value is -5.78. The predicted molar refractivity (Wildman–Crippen MR) is 177 cm³/mol. The fourth-order valence-corrected chi connectivity index (χ4v) is 6.30. The quantitative estimate of drug-likeness (QED) is 0.163. The second-order valence-corrected chi connectivity index (χ2v) is 10.6. The molecule has 1 aromatic heterocycles. The molecule has 2 heteroatoms. The van der Waals surface area contributed by atoms with Gasteiger partial charge in [0.25, 0.3) is 0 Å². The molecule has 2 nitrogen and oxygen atoms in total. The summed E-state index contributed by atoms with van der Waals surface area (Å²) < 4.78 is 0. The van der Waals surface area contributed by atoms with Gasteiger partial charge in [-0.05, 0) is 67.4 Å². The van der Waals surface area contributed by atoms with Crippen LogP contribution < -0.4 is 0 Å². The molecule has 0 amide bonds. The largest absolute Gasteiger partial charge is 0.247 e. The highest BCUT2D eigenvalue weighted by atomic mass is 14.7. The summed E-state index contributed by atoms with van der Waals surface area (Å²) in [6.07, 6.45) is 0. The first-order valence-electron chi connectivity index (χ1n) is 14.1. The number of pyridine rings is 1. The standard InChI is InChI=1S/C40H24N2/c1-41-29-16-8-15-28(23-29)36-24-38-37(32-21-9-13-26-11-2-4-17-30(26)32)25-39(42-40(38)35-20-7-6-19-33(35)36)34-22-10-14-27-12-3-5-18-31(27)34/h2-25H. The first kappa shape index (κ1) is 24.1. The van der Waals surface area contributed by atoms with Crippen LogP contribution in [0.2, 0.25) is 0 Å². The van der Waals surface area contributed by atoms with Crippen LogP contribution in [0.4, 0.5) is 5.69 Å². The van der Waals surface area contributed by atoms with Gasteiger partial charge < -0.3 is 0 Å². The maximum atomic E-state index is 7.60. The monoisotopic (exact) mass is 532 g/mol. The van der Waals surface area contributed by atoms with E-state index in [1.165, 1.54) is 27.1 Å². The van der Waals surface area contributed by atoms with E-state index in [0.717, 1.165) is 49.6 Å². The van der Waals surface area contributed by atoms with Crippen LogP contribution in [0.3, 0.4) is 0 Å². The van der Waals surface area contributed by atoms with Crippen LogP contribution in [-0.2, 0) is 0 Å². The summed E-state index contributed by atoms with van der Waals surface area (Å²) in [7, 11) is 0. The fourth-order valence-electron chi connectivity index (χ4n) is 6.30. The lowest BCUT2D eigenvalue weighted by atomic mass is 9.89. The number of benzene rings is 7. The molecular formula is C40H24N2. The number of aromatic nitrogens is 1. The molecule has 0 atom stereocenters. The van der Waals surface area contributed by atoms with Crippen molar-refractivity contribution >= 4 is 48.9 Å². The number of nitrogens with zero attached hydrogens (tertiary/aromatic N) is 2. The highest BCUT2D eigenvalue weighted by molar-refractivity contribution is 6.18. The Morgan fingerprint density at radius 3 is 1.76 bits per heavy atom. The third-order valence-corrected chi connectivity index (χ3v) is 8.25. The van der Waals surface area contributed by atoms with Crippen LogP contribution in [0.1, 0.15) is 0 Å². The topological polar surface area (TPSA) is 17.2 Å². The Balaban J connectivity index is 1.54. The van der Waals surface area contributed by atoms with Gasteiger partial charge in [-0.25, -0.2) is 9.83 Å². The van der Waals surface area contributed by atoms with Crippen LogP contribution >= 0.6 is 0 Å². The zero-order valence-electron chi connectivity index (χ0n) is 22.8. The summed E-state index contributed by atoms with van der Waals surface area (Å²) in [5, 5.41) is 8.12. The maximum absolute atomic E-state index is 7.60. The van der Waals surface area contributed by atoms with Crippen molar-refractivity contribution in [2.24, 2.45) is 0 Å². The second kappa shape index (κ2) is 9.70. The summed E-state index contributed by atoms with van der Waals surface area (Å²) >= 11 is 0. The van der Waals surface area contributed by atoms with Gasteiger partial charge in [-0.1, -0.05) is 127 Å². The molecule has 1 heterocycles. The molecule has 0 aliphatic heterocycles. The van der Waals surface area contributed by atoms with E-state index < -0.39 is 0 Å². The maximum Gasteiger partial charge on any atom is 0.187 e. The molecule has 0 aliphatic carbocycles. The van der Waals surface area contributed by atoms with E-state index in [1.807, 2.05) is 18.2 Å². The van der Waals surface area contributed by atoms with Crippen molar-refractivity contribution in [3.8, 4) is 33.5 Å². The normalized spacial score (nSPS) is 11.3. The zero-order valence-corrected chi connectivity index (χ0v) is 22.8. The zero-order chi connectivity index (χ0) is 28.0. The lowest BCUT2D eigenvalue weighted by molar-refractivity contribution is 1.42. The molecule has 0 radical (unpaired) electrons. The van der Waals surface area contributed by atoms with Crippen molar-refractivity contribution in [3.05, 3.63) is 157 Å².